The molecule has 15 heavy (non-hydrogen) atoms. The number of aryl methyl sites for hydroxylation is 1. The lowest BCUT2D eigenvalue weighted by atomic mass is 10.1. The van der Waals surface area contributed by atoms with Crippen LogP contribution in [0.25, 0.3) is 0 Å². The second-order valence-corrected chi connectivity index (χ2v) is 4.49. The predicted molar refractivity (Wildman–Crippen MR) is 64.4 cm³/mol. The molecule has 0 saturated heterocycles. The van der Waals surface area contributed by atoms with Crippen LogP contribution in [0.5, 0.6) is 0 Å². The normalized spacial score (nSPS) is 12.9. The summed E-state index contributed by atoms with van der Waals surface area (Å²) in [5.74, 6) is 2.01. The number of nitrogens with one attached hydrogen (secondary N) is 1. The molecular formula is C11H18ClN3. The second-order valence-electron chi connectivity index (χ2n) is 4.19. The maximum atomic E-state index is 5.88. The fourth-order valence-electron chi connectivity index (χ4n) is 1.41. The highest BCUT2D eigenvalue weighted by Crippen LogP contribution is 2.11. The summed E-state index contributed by atoms with van der Waals surface area (Å²) in [6.07, 6.45) is 1.04. The van der Waals surface area contributed by atoms with Crippen LogP contribution in [0.15, 0.2) is 12.1 Å². The molecule has 0 amide bonds. The molecular weight excluding hydrogens is 210 g/mol. The predicted octanol–water partition coefficient (Wildman–Crippen LogP) is 2.85. The standard InChI is InChI=1S/C11H18ClN3/c1-8(2)6-10(7-12)13-11-5-4-9(3)14-15-11/h4-5,8,10H,6-7H2,1-3H3,(H,13,15). The first-order chi connectivity index (χ1) is 7.11. The summed E-state index contributed by atoms with van der Waals surface area (Å²) in [6.45, 7) is 6.29. The molecule has 1 heterocycles. The molecule has 0 saturated carbocycles. The van der Waals surface area contributed by atoms with Gasteiger partial charge in [0.2, 0.25) is 0 Å². The maximum Gasteiger partial charge on any atom is 0.148 e. The van der Waals surface area contributed by atoms with Gasteiger partial charge in [0.05, 0.1) is 5.69 Å². The zero-order valence-electron chi connectivity index (χ0n) is 9.50. The summed E-state index contributed by atoms with van der Waals surface area (Å²) in [7, 11) is 0. The highest BCUT2D eigenvalue weighted by Gasteiger charge is 2.09. The van der Waals surface area contributed by atoms with E-state index in [9.17, 15) is 0 Å². The van der Waals surface area contributed by atoms with Crippen molar-refractivity contribution in [3.63, 3.8) is 0 Å². The monoisotopic (exact) mass is 227 g/mol. The smallest absolute Gasteiger partial charge is 0.148 e. The van der Waals surface area contributed by atoms with Gasteiger partial charge in [0.1, 0.15) is 5.82 Å². The van der Waals surface area contributed by atoms with Gasteiger partial charge in [0.25, 0.3) is 0 Å². The van der Waals surface area contributed by atoms with Gasteiger partial charge in [0, 0.05) is 11.9 Å². The Morgan fingerprint density at radius 2 is 2.07 bits per heavy atom. The van der Waals surface area contributed by atoms with Gasteiger partial charge in [-0.25, -0.2) is 0 Å². The van der Waals surface area contributed by atoms with Crippen LogP contribution in [-0.4, -0.2) is 22.1 Å². The molecule has 0 spiro atoms. The van der Waals surface area contributed by atoms with E-state index in [4.69, 9.17) is 11.6 Å². The van der Waals surface area contributed by atoms with E-state index < -0.39 is 0 Å². The first kappa shape index (κ1) is 12.2. The lowest BCUT2D eigenvalue weighted by Gasteiger charge is -2.18. The molecule has 1 unspecified atom stereocenters. The van der Waals surface area contributed by atoms with E-state index >= 15 is 0 Å². The molecule has 1 aromatic rings. The molecule has 0 aliphatic carbocycles. The van der Waals surface area contributed by atoms with Crippen LogP contribution < -0.4 is 5.32 Å². The van der Waals surface area contributed by atoms with E-state index in [0.717, 1.165) is 17.9 Å². The van der Waals surface area contributed by atoms with Gasteiger partial charge >= 0.3 is 0 Å². The first-order valence-electron chi connectivity index (χ1n) is 5.24. The molecule has 4 heteroatoms. The Balaban J connectivity index is 2.54. The topological polar surface area (TPSA) is 37.8 Å². The number of alkyl halides is 1. The molecule has 3 nitrogen and oxygen atoms in total. The van der Waals surface area contributed by atoms with Gasteiger partial charge in [-0.3, -0.25) is 0 Å². The number of nitrogens with zero attached hydrogens (tertiary/aromatic N) is 2. The van der Waals surface area contributed by atoms with E-state index in [-0.39, 0.29) is 6.04 Å². The number of hydrogen-bond donors (Lipinski definition) is 1. The Kier molecular flexibility index (Phi) is 4.82. The molecule has 1 rings (SSSR count). The Labute approximate surface area is 96.2 Å². The minimum atomic E-state index is 0.267. The van der Waals surface area contributed by atoms with Crippen molar-refractivity contribution in [2.45, 2.75) is 33.2 Å². The van der Waals surface area contributed by atoms with Crippen LogP contribution in [-0.2, 0) is 0 Å². The van der Waals surface area contributed by atoms with Crippen molar-refractivity contribution in [2.24, 2.45) is 5.92 Å². The van der Waals surface area contributed by atoms with Gasteiger partial charge in [-0.2, -0.15) is 5.10 Å². The fraction of sp³-hybridized carbons (Fsp3) is 0.636. The van der Waals surface area contributed by atoms with Crippen molar-refractivity contribution in [3.8, 4) is 0 Å². The summed E-state index contributed by atoms with van der Waals surface area (Å²) in [5, 5.41) is 11.3. The number of hydrogen-bond acceptors (Lipinski definition) is 3. The minimum absolute atomic E-state index is 0.267. The lowest BCUT2D eigenvalue weighted by molar-refractivity contribution is 0.541. The number of halogens is 1. The number of anilines is 1. The van der Waals surface area contributed by atoms with Gasteiger partial charge in [0.15, 0.2) is 0 Å². The highest BCUT2D eigenvalue weighted by atomic mass is 35.5. The molecule has 1 aromatic heterocycles. The van der Waals surface area contributed by atoms with E-state index in [1.807, 2.05) is 19.1 Å². The van der Waals surface area contributed by atoms with Crippen LogP contribution in [0, 0.1) is 12.8 Å². The summed E-state index contributed by atoms with van der Waals surface area (Å²) in [6, 6.07) is 4.14. The summed E-state index contributed by atoms with van der Waals surface area (Å²) < 4.78 is 0. The molecule has 1 N–H and O–H groups in total. The van der Waals surface area contributed by atoms with E-state index in [1.165, 1.54) is 0 Å². The largest absolute Gasteiger partial charge is 0.365 e. The Morgan fingerprint density at radius 1 is 1.33 bits per heavy atom. The van der Waals surface area contributed by atoms with Crippen molar-refractivity contribution in [2.75, 3.05) is 11.2 Å². The van der Waals surface area contributed by atoms with E-state index in [2.05, 4.69) is 29.4 Å². The molecule has 0 radical (unpaired) electrons. The van der Waals surface area contributed by atoms with Gasteiger partial charge in [-0.05, 0) is 31.4 Å². The zero-order chi connectivity index (χ0) is 11.3. The van der Waals surface area contributed by atoms with Crippen molar-refractivity contribution in [1.29, 1.82) is 0 Å². The lowest BCUT2D eigenvalue weighted by Crippen LogP contribution is -2.24. The van der Waals surface area contributed by atoms with Crippen molar-refractivity contribution >= 4 is 17.4 Å². The first-order valence-corrected chi connectivity index (χ1v) is 5.78. The quantitative estimate of drug-likeness (QED) is 0.787. The zero-order valence-corrected chi connectivity index (χ0v) is 10.3. The third-order valence-electron chi connectivity index (χ3n) is 2.09. The van der Waals surface area contributed by atoms with Crippen LogP contribution in [0.4, 0.5) is 5.82 Å². The molecule has 84 valence electrons. The van der Waals surface area contributed by atoms with Crippen molar-refractivity contribution in [1.82, 2.24) is 10.2 Å². The van der Waals surface area contributed by atoms with E-state index in [1.54, 1.807) is 0 Å². The summed E-state index contributed by atoms with van der Waals surface area (Å²) in [5.41, 5.74) is 0.923. The molecule has 0 aromatic carbocycles. The highest BCUT2D eigenvalue weighted by molar-refractivity contribution is 6.18. The molecule has 0 aliphatic rings. The fourth-order valence-corrected chi connectivity index (χ4v) is 1.62. The Bertz CT molecular complexity index is 284. The van der Waals surface area contributed by atoms with Gasteiger partial charge in [-0.1, -0.05) is 13.8 Å². The SMILES string of the molecule is Cc1ccc(NC(CCl)CC(C)C)nn1. The van der Waals surface area contributed by atoms with Gasteiger partial charge in [-0.15, -0.1) is 16.7 Å². The van der Waals surface area contributed by atoms with Crippen molar-refractivity contribution in [3.05, 3.63) is 17.8 Å². The molecule has 0 fully saturated rings. The minimum Gasteiger partial charge on any atom is -0.365 e. The number of rotatable bonds is 5. The summed E-state index contributed by atoms with van der Waals surface area (Å²) in [4.78, 5) is 0. The van der Waals surface area contributed by atoms with Crippen molar-refractivity contribution < 1.29 is 0 Å². The Morgan fingerprint density at radius 3 is 2.53 bits per heavy atom. The molecule has 1 atom stereocenters. The van der Waals surface area contributed by atoms with Gasteiger partial charge < -0.3 is 5.32 Å². The third-order valence-corrected chi connectivity index (χ3v) is 2.46. The average Bonchev–Trinajstić information content (AvgIpc) is 2.19. The van der Waals surface area contributed by atoms with Crippen LogP contribution in [0.1, 0.15) is 26.0 Å². The summed E-state index contributed by atoms with van der Waals surface area (Å²) >= 11 is 5.88. The average molecular weight is 228 g/mol. The van der Waals surface area contributed by atoms with E-state index in [0.29, 0.717) is 11.8 Å². The second kappa shape index (κ2) is 5.91. The Hall–Kier alpha value is -0.830. The van der Waals surface area contributed by atoms with Crippen LogP contribution >= 0.6 is 11.6 Å². The third kappa shape index (κ3) is 4.47. The maximum absolute atomic E-state index is 5.88. The van der Waals surface area contributed by atoms with Crippen LogP contribution in [0.3, 0.4) is 0 Å². The molecule has 0 bridgehead atoms. The van der Waals surface area contributed by atoms with Crippen LogP contribution in [0.2, 0.25) is 0 Å². The number of aromatic nitrogens is 2. The molecule has 0 aliphatic heterocycles.